The molecular formula is C35H24N4. The van der Waals surface area contributed by atoms with Crippen molar-refractivity contribution in [3.8, 4) is 39.9 Å². The van der Waals surface area contributed by atoms with Crippen molar-refractivity contribution in [1.82, 2.24) is 19.5 Å². The van der Waals surface area contributed by atoms with Crippen molar-refractivity contribution in [2.45, 2.75) is 12.8 Å². The van der Waals surface area contributed by atoms with E-state index in [2.05, 4.69) is 89.5 Å². The summed E-state index contributed by atoms with van der Waals surface area (Å²) in [5.41, 5.74) is 9.52. The van der Waals surface area contributed by atoms with Crippen molar-refractivity contribution in [2.75, 3.05) is 0 Å². The Kier molecular flexibility index (Phi) is 4.92. The highest BCUT2D eigenvalue weighted by atomic mass is 15.2. The molecule has 4 heteroatoms. The Morgan fingerprint density at radius 3 is 1.85 bits per heavy atom. The second-order valence-electron chi connectivity index (χ2n) is 10.0. The second-order valence-corrected chi connectivity index (χ2v) is 10.0. The SMILES string of the molecule is c1ccc(-c2nc(-c3ccccc3)nc(-n3c4ccccc4c4ccc5c(c43)-c3ccccc3CC5)n2)cc1. The average molecular weight is 501 g/mol. The predicted octanol–water partition coefficient (Wildman–Crippen LogP) is 8.07. The van der Waals surface area contributed by atoms with E-state index in [1.54, 1.807) is 0 Å². The summed E-state index contributed by atoms with van der Waals surface area (Å²) in [5.74, 6) is 1.96. The molecule has 2 aromatic heterocycles. The van der Waals surface area contributed by atoms with Crippen LogP contribution < -0.4 is 0 Å². The van der Waals surface area contributed by atoms with Crippen LogP contribution >= 0.6 is 0 Å². The summed E-state index contributed by atoms with van der Waals surface area (Å²) in [5, 5.41) is 2.41. The van der Waals surface area contributed by atoms with E-state index in [0.29, 0.717) is 17.6 Å². The topological polar surface area (TPSA) is 43.6 Å². The third-order valence-corrected chi connectivity index (χ3v) is 7.76. The minimum absolute atomic E-state index is 0.630. The summed E-state index contributed by atoms with van der Waals surface area (Å²) in [6.45, 7) is 0. The molecule has 7 aromatic rings. The van der Waals surface area contributed by atoms with Crippen molar-refractivity contribution >= 4 is 21.8 Å². The molecule has 4 nitrogen and oxygen atoms in total. The first-order valence-corrected chi connectivity index (χ1v) is 13.4. The Labute approximate surface area is 226 Å². The van der Waals surface area contributed by atoms with E-state index in [1.165, 1.54) is 33.0 Å². The Hall–Kier alpha value is -5.09. The molecule has 5 aromatic carbocycles. The molecule has 0 amide bonds. The van der Waals surface area contributed by atoms with Crippen LogP contribution in [0.1, 0.15) is 11.1 Å². The Morgan fingerprint density at radius 2 is 1.10 bits per heavy atom. The molecule has 184 valence electrons. The molecule has 0 saturated carbocycles. The normalized spacial score (nSPS) is 12.4. The summed E-state index contributed by atoms with van der Waals surface area (Å²) in [7, 11) is 0. The molecular weight excluding hydrogens is 476 g/mol. The van der Waals surface area contributed by atoms with Gasteiger partial charge in [0.05, 0.1) is 11.0 Å². The number of aromatic nitrogens is 4. The molecule has 8 rings (SSSR count). The number of nitrogens with zero attached hydrogens (tertiary/aromatic N) is 4. The zero-order chi connectivity index (χ0) is 25.8. The van der Waals surface area contributed by atoms with Crippen LogP contribution in [0.3, 0.4) is 0 Å². The van der Waals surface area contributed by atoms with Crippen molar-refractivity contribution in [1.29, 1.82) is 0 Å². The number of fused-ring (bicyclic) bond motifs is 7. The summed E-state index contributed by atoms with van der Waals surface area (Å²) in [6, 6.07) is 42.3. The van der Waals surface area contributed by atoms with Gasteiger partial charge in [-0.1, -0.05) is 115 Å². The van der Waals surface area contributed by atoms with Crippen molar-refractivity contribution in [3.63, 3.8) is 0 Å². The van der Waals surface area contributed by atoms with Gasteiger partial charge in [0.15, 0.2) is 11.6 Å². The van der Waals surface area contributed by atoms with Gasteiger partial charge in [-0.2, -0.15) is 9.97 Å². The first kappa shape index (κ1) is 21.9. The van der Waals surface area contributed by atoms with Crippen LogP contribution in [0.25, 0.3) is 61.7 Å². The van der Waals surface area contributed by atoms with Crippen LogP contribution in [0.15, 0.2) is 121 Å². The maximum absolute atomic E-state index is 5.12. The first-order valence-electron chi connectivity index (χ1n) is 13.4. The van der Waals surface area contributed by atoms with Crippen molar-refractivity contribution in [3.05, 3.63) is 132 Å². The van der Waals surface area contributed by atoms with E-state index < -0.39 is 0 Å². The van der Waals surface area contributed by atoms with Gasteiger partial charge in [-0.15, -0.1) is 0 Å². The van der Waals surface area contributed by atoms with E-state index in [-0.39, 0.29) is 0 Å². The lowest BCUT2D eigenvalue weighted by Gasteiger charge is -2.22. The summed E-state index contributed by atoms with van der Waals surface area (Å²) < 4.78 is 2.26. The van der Waals surface area contributed by atoms with Gasteiger partial charge in [0.2, 0.25) is 5.95 Å². The fraction of sp³-hybridized carbons (Fsp3) is 0.0571. The van der Waals surface area contributed by atoms with Crippen molar-refractivity contribution < 1.29 is 0 Å². The maximum Gasteiger partial charge on any atom is 0.238 e. The number of benzene rings is 5. The molecule has 0 aliphatic heterocycles. The van der Waals surface area contributed by atoms with Gasteiger partial charge >= 0.3 is 0 Å². The van der Waals surface area contributed by atoms with E-state index >= 15 is 0 Å². The second kappa shape index (κ2) is 8.74. The molecule has 1 aliphatic carbocycles. The molecule has 0 saturated heterocycles. The quantitative estimate of drug-likeness (QED) is 0.246. The fourth-order valence-electron chi connectivity index (χ4n) is 5.96. The number of aryl methyl sites for hydroxylation is 2. The zero-order valence-corrected chi connectivity index (χ0v) is 21.3. The molecule has 0 spiro atoms. The minimum atomic E-state index is 0.630. The van der Waals surface area contributed by atoms with Gasteiger partial charge in [0.25, 0.3) is 0 Å². The van der Waals surface area contributed by atoms with Gasteiger partial charge in [-0.25, -0.2) is 4.98 Å². The average Bonchev–Trinajstić information content (AvgIpc) is 3.36. The van der Waals surface area contributed by atoms with Crippen LogP contribution in [-0.4, -0.2) is 19.5 Å². The van der Waals surface area contributed by atoms with Crippen LogP contribution in [-0.2, 0) is 12.8 Å². The third kappa shape index (κ3) is 3.49. The van der Waals surface area contributed by atoms with Gasteiger partial charge < -0.3 is 0 Å². The lowest BCUT2D eigenvalue weighted by atomic mass is 9.84. The van der Waals surface area contributed by atoms with E-state index in [9.17, 15) is 0 Å². The monoisotopic (exact) mass is 500 g/mol. The minimum Gasteiger partial charge on any atom is -0.277 e. The smallest absolute Gasteiger partial charge is 0.238 e. The Morgan fingerprint density at radius 1 is 0.487 bits per heavy atom. The number of hydrogen-bond donors (Lipinski definition) is 0. The van der Waals surface area contributed by atoms with Crippen LogP contribution in [0.2, 0.25) is 0 Å². The van der Waals surface area contributed by atoms with Crippen LogP contribution in [0.5, 0.6) is 0 Å². The maximum atomic E-state index is 5.12. The van der Waals surface area contributed by atoms with Crippen LogP contribution in [0, 0.1) is 0 Å². The Balaban J connectivity index is 1.51. The molecule has 0 N–H and O–H groups in total. The van der Waals surface area contributed by atoms with Gasteiger partial charge in [0.1, 0.15) is 0 Å². The lowest BCUT2D eigenvalue weighted by molar-refractivity contribution is 0.932. The molecule has 0 atom stereocenters. The summed E-state index contributed by atoms with van der Waals surface area (Å²) in [6.07, 6.45) is 2.07. The number of rotatable bonds is 3. The van der Waals surface area contributed by atoms with Gasteiger partial charge in [-0.3, -0.25) is 4.57 Å². The molecule has 2 heterocycles. The molecule has 0 radical (unpaired) electrons. The standard InChI is InChI=1S/C35H24N4/c1-3-12-25(13-4-1)33-36-34(26-14-5-2-6-15-26)38-35(37-33)39-30-18-10-9-17-28(30)29-22-21-24-20-19-23-11-7-8-16-27(23)31(24)32(29)39/h1-18,21-22H,19-20H2. The highest BCUT2D eigenvalue weighted by molar-refractivity contribution is 6.14. The van der Waals surface area contributed by atoms with Gasteiger partial charge in [0, 0.05) is 27.5 Å². The van der Waals surface area contributed by atoms with Crippen LogP contribution in [0.4, 0.5) is 0 Å². The molecule has 0 unspecified atom stereocenters. The van der Waals surface area contributed by atoms with Crippen molar-refractivity contribution in [2.24, 2.45) is 0 Å². The van der Waals surface area contributed by atoms with E-state index in [4.69, 9.17) is 15.0 Å². The van der Waals surface area contributed by atoms with E-state index in [1.807, 2.05) is 36.4 Å². The number of para-hydroxylation sites is 1. The highest BCUT2D eigenvalue weighted by Crippen LogP contribution is 2.43. The molecule has 0 fully saturated rings. The predicted molar refractivity (Wildman–Crippen MR) is 158 cm³/mol. The first-order chi connectivity index (χ1) is 19.3. The fourth-order valence-corrected chi connectivity index (χ4v) is 5.96. The number of hydrogen-bond acceptors (Lipinski definition) is 3. The summed E-state index contributed by atoms with van der Waals surface area (Å²) in [4.78, 5) is 15.2. The lowest BCUT2D eigenvalue weighted by Crippen LogP contribution is -2.09. The molecule has 0 bridgehead atoms. The third-order valence-electron chi connectivity index (χ3n) is 7.76. The highest BCUT2D eigenvalue weighted by Gasteiger charge is 2.25. The Bertz CT molecular complexity index is 1950. The molecule has 1 aliphatic rings. The zero-order valence-electron chi connectivity index (χ0n) is 21.3. The largest absolute Gasteiger partial charge is 0.277 e. The van der Waals surface area contributed by atoms with E-state index in [0.717, 1.165) is 35.0 Å². The molecule has 39 heavy (non-hydrogen) atoms. The summed E-state index contributed by atoms with van der Waals surface area (Å²) >= 11 is 0. The van der Waals surface area contributed by atoms with Gasteiger partial charge in [-0.05, 0) is 35.6 Å².